The van der Waals surface area contributed by atoms with Gasteiger partial charge in [-0.1, -0.05) is 72.0 Å². The lowest BCUT2D eigenvalue weighted by Crippen LogP contribution is -2.47. The Morgan fingerprint density at radius 1 is 0.811 bits per heavy atom. The molecule has 0 saturated carbocycles. The van der Waals surface area contributed by atoms with Crippen LogP contribution in [0.15, 0.2) is 136 Å². The number of allylic oxidation sites excluding steroid dienone is 4. The summed E-state index contributed by atoms with van der Waals surface area (Å²) < 4.78 is 30.2. The van der Waals surface area contributed by atoms with E-state index in [9.17, 15) is 4.79 Å². The third-order valence-corrected chi connectivity index (χ3v) is 9.20. The van der Waals surface area contributed by atoms with Crippen LogP contribution in [0.5, 0.6) is 0 Å². The number of rotatable bonds is 15. The summed E-state index contributed by atoms with van der Waals surface area (Å²) >= 11 is 0. The summed E-state index contributed by atoms with van der Waals surface area (Å²) in [5.74, 6) is 0. The molecule has 4 aromatic rings. The summed E-state index contributed by atoms with van der Waals surface area (Å²) in [5.41, 5.74) is 3.93. The topological polar surface area (TPSA) is 154 Å². The fourth-order valence-corrected chi connectivity index (χ4v) is 6.57. The van der Waals surface area contributed by atoms with E-state index >= 15 is 0 Å². The quantitative estimate of drug-likeness (QED) is 0.171. The van der Waals surface area contributed by atoms with E-state index in [4.69, 9.17) is 18.9 Å². The van der Waals surface area contributed by atoms with E-state index in [0.29, 0.717) is 12.2 Å². The Labute approximate surface area is 304 Å². The van der Waals surface area contributed by atoms with Gasteiger partial charge in [0.15, 0.2) is 12.6 Å². The van der Waals surface area contributed by atoms with Crippen molar-refractivity contribution in [2.45, 2.75) is 37.1 Å². The first-order valence-electron chi connectivity index (χ1n) is 17.4. The predicted octanol–water partition coefficient (Wildman–Crippen LogP) is 4.65. The number of fused-ring (bicyclic) bond motifs is 4. The summed E-state index contributed by atoms with van der Waals surface area (Å²) in [5, 5.41) is 29.9. The lowest BCUT2D eigenvalue weighted by atomic mass is 10.1. The maximum atomic E-state index is 13.4. The second kappa shape index (κ2) is 15.7. The van der Waals surface area contributed by atoms with Gasteiger partial charge in [0.25, 0.3) is 0 Å². The van der Waals surface area contributed by atoms with Gasteiger partial charge in [-0.3, -0.25) is 5.32 Å². The smallest absolute Gasteiger partial charge is 0.412 e. The summed E-state index contributed by atoms with van der Waals surface area (Å²) in [6.07, 6.45) is 13.3. The monoisotopic (exact) mass is 715 g/mol. The number of hydrogen-bond donors (Lipinski definition) is 2. The van der Waals surface area contributed by atoms with Crippen LogP contribution in [0.25, 0.3) is 21.8 Å². The molecule has 5 unspecified atom stereocenters. The number of nitrogens with zero attached hydrogens (tertiary/aromatic N) is 8. The number of H-pyrrole nitrogens is 1. The van der Waals surface area contributed by atoms with E-state index in [2.05, 4.69) is 36.3 Å². The third-order valence-electron chi connectivity index (χ3n) is 9.20. The Kier molecular flexibility index (Phi) is 10.1. The van der Waals surface area contributed by atoms with E-state index < -0.39 is 24.5 Å². The van der Waals surface area contributed by atoms with Crippen LogP contribution >= 0.6 is 0 Å². The fraction of sp³-hybridized carbons (Fsp3) is 0.289. The molecule has 5 atom stereocenters. The maximum Gasteiger partial charge on any atom is 0.412 e. The lowest BCUT2D eigenvalue weighted by molar-refractivity contribution is -0.736. The average molecular weight is 716 g/mol. The number of benzene rings is 3. The maximum absolute atomic E-state index is 13.4. The van der Waals surface area contributed by atoms with Crippen LogP contribution in [0, 0.1) is 0 Å². The molecule has 0 fully saturated rings. The van der Waals surface area contributed by atoms with Gasteiger partial charge in [0.05, 0.1) is 23.4 Å². The number of methoxy groups -OCH3 is 1. The van der Waals surface area contributed by atoms with Crippen molar-refractivity contribution in [1.29, 1.82) is 0 Å². The van der Waals surface area contributed by atoms with Gasteiger partial charge in [0.2, 0.25) is 40.8 Å². The number of carbonyl (C=O) groups excluding carboxylic acids is 1. The Bertz CT molecular complexity index is 2250. The normalized spacial score (nSPS) is 20.0. The Balaban J connectivity index is 1.00. The van der Waals surface area contributed by atoms with Crippen molar-refractivity contribution in [1.82, 2.24) is 10.3 Å². The summed E-state index contributed by atoms with van der Waals surface area (Å²) in [6.45, 7) is 1.02. The van der Waals surface area contributed by atoms with Gasteiger partial charge in [-0.05, 0) is 59.3 Å². The number of para-hydroxylation sites is 2. The second-order valence-corrected chi connectivity index (χ2v) is 12.8. The molecule has 0 spiro atoms. The van der Waals surface area contributed by atoms with Crippen molar-refractivity contribution in [3.8, 4) is 0 Å². The van der Waals surface area contributed by atoms with Crippen LogP contribution in [0.2, 0.25) is 0 Å². The molecule has 0 radical (unpaired) electrons. The number of nitrogens with one attached hydrogen (secondary N) is 2. The van der Waals surface area contributed by atoms with Crippen molar-refractivity contribution >= 4 is 45.0 Å². The number of carbonyl (C=O) groups is 1. The highest BCUT2D eigenvalue weighted by Crippen LogP contribution is 2.21. The highest BCUT2D eigenvalue weighted by molar-refractivity contribution is 6.01. The number of ether oxygens (including phenoxy) is 4. The van der Waals surface area contributed by atoms with Gasteiger partial charge in [-0.2, -0.15) is 4.68 Å². The standard InChI is InChI=1S/C38H37N10O5/c1-50-25-37(48-36-17-9-6-14-33(36)42-45-48)52-23-29(21-46-34-15-7-4-12-31(34)40-43-46)51-24-30(22-47-35-16-8-5-13-32(35)41-44-47)53-38(49)39-28-19-18-26-10-2-3-11-27(26)20-28/h2-20,29-30,34,36-37H,21-25H2,1H3/q+1/p+2. The van der Waals surface area contributed by atoms with E-state index in [-0.39, 0.29) is 38.4 Å². The second-order valence-electron chi connectivity index (χ2n) is 12.8. The summed E-state index contributed by atoms with van der Waals surface area (Å²) in [6, 6.07) is 21.1. The zero-order valence-electron chi connectivity index (χ0n) is 29.0. The number of anilines is 1. The lowest BCUT2D eigenvalue weighted by Gasteiger charge is -2.24. The van der Waals surface area contributed by atoms with Crippen LogP contribution in [0.4, 0.5) is 10.5 Å². The molecule has 53 heavy (non-hydrogen) atoms. The molecular formula is C38H39N10O5+3. The molecule has 0 bridgehead atoms. The molecule has 3 heterocycles. The van der Waals surface area contributed by atoms with Gasteiger partial charge in [-0.25, -0.2) is 4.79 Å². The third kappa shape index (κ3) is 7.77. The number of aromatic nitrogens is 3. The molecule has 268 valence electrons. The van der Waals surface area contributed by atoms with Gasteiger partial charge >= 0.3 is 6.09 Å². The molecule has 4 aliphatic rings. The van der Waals surface area contributed by atoms with Crippen LogP contribution < -0.4 is 10.00 Å². The molecule has 15 nitrogen and oxygen atoms in total. The molecule has 0 saturated heterocycles. The van der Waals surface area contributed by atoms with Gasteiger partial charge < -0.3 is 18.9 Å². The first kappa shape index (κ1) is 34.1. The van der Waals surface area contributed by atoms with Gasteiger partial charge in [0, 0.05) is 17.9 Å². The van der Waals surface area contributed by atoms with E-state index in [1.807, 2.05) is 125 Å². The van der Waals surface area contributed by atoms with Gasteiger partial charge in [-0.15, -0.1) is 9.39 Å². The molecule has 2 aliphatic heterocycles. The van der Waals surface area contributed by atoms with Crippen LogP contribution in [-0.2, 0) is 25.5 Å². The predicted molar refractivity (Wildman–Crippen MR) is 195 cm³/mol. The van der Waals surface area contributed by atoms with Gasteiger partial charge in [0.1, 0.15) is 29.7 Å². The Morgan fingerprint density at radius 3 is 2.43 bits per heavy atom. The minimum Gasteiger partial charge on any atom is -0.439 e. The largest absolute Gasteiger partial charge is 0.439 e. The minimum absolute atomic E-state index is 0.0356. The molecule has 15 heteroatoms. The molecule has 1 amide bonds. The molecule has 1 aromatic heterocycles. The number of amides is 1. The Morgan fingerprint density at radius 2 is 1.57 bits per heavy atom. The van der Waals surface area contributed by atoms with E-state index in [1.54, 1.807) is 11.8 Å². The summed E-state index contributed by atoms with van der Waals surface area (Å²) in [7, 11) is 1.62. The summed E-state index contributed by atoms with van der Waals surface area (Å²) in [4.78, 5) is 13.4. The fourth-order valence-electron chi connectivity index (χ4n) is 6.57. The number of hydrogen-bond acceptors (Lipinski definition) is 10. The van der Waals surface area contributed by atoms with Crippen LogP contribution in [0.3, 0.4) is 0 Å². The Hall–Kier alpha value is -6.03. The van der Waals surface area contributed by atoms with Crippen molar-refractivity contribution in [2.24, 2.45) is 20.6 Å². The van der Waals surface area contributed by atoms with Crippen molar-refractivity contribution in [2.75, 3.05) is 38.8 Å². The molecule has 8 rings (SSSR count). The molecule has 3 aromatic carbocycles. The van der Waals surface area contributed by atoms with Crippen LogP contribution in [-0.4, -0.2) is 101 Å². The SMILES string of the molecule is COCC(OCC(C[N+]1=NN=C2C=CC=CC21)OCC(C[n+]1[nH]nc2ccccc21)OC(=O)Nc1ccc2ccccc2c1)[N+]1=NN=C2C=CC=CC21. The van der Waals surface area contributed by atoms with Crippen LogP contribution in [0.1, 0.15) is 0 Å². The van der Waals surface area contributed by atoms with E-state index in [1.165, 1.54) is 0 Å². The molecular weight excluding hydrogens is 676 g/mol. The zero-order valence-corrected chi connectivity index (χ0v) is 29.0. The first-order valence-corrected chi connectivity index (χ1v) is 17.4. The average Bonchev–Trinajstić information content (AvgIpc) is 3.92. The van der Waals surface area contributed by atoms with Crippen molar-refractivity contribution in [3.63, 3.8) is 0 Å². The minimum atomic E-state index is -0.731. The first-order chi connectivity index (χ1) is 26.1. The number of aromatic amines is 1. The van der Waals surface area contributed by atoms with Crippen molar-refractivity contribution < 1.29 is 37.8 Å². The van der Waals surface area contributed by atoms with Crippen molar-refractivity contribution in [3.05, 3.63) is 115 Å². The highest BCUT2D eigenvalue weighted by Gasteiger charge is 2.39. The molecule has 2 aliphatic carbocycles. The highest BCUT2D eigenvalue weighted by atomic mass is 16.6. The zero-order chi connectivity index (χ0) is 36.0. The molecule has 2 N–H and O–H groups in total. The van der Waals surface area contributed by atoms with E-state index in [0.717, 1.165) is 33.2 Å².